The van der Waals surface area contributed by atoms with Crippen molar-refractivity contribution >= 4 is 40.7 Å². The molecule has 2 aromatic carbocycles. The van der Waals surface area contributed by atoms with E-state index in [0.717, 1.165) is 0 Å². The summed E-state index contributed by atoms with van der Waals surface area (Å²) in [6.45, 7) is 3.22. The van der Waals surface area contributed by atoms with Crippen LogP contribution >= 0.6 is 23.2 Å². The van der Waals surface area contributed by atoms with Gasteiger partial charge < -0.3 is 10.6 Å². The van der Waals surface area contributed by atoms with Crippen LogP contribution in [0.4, 0.5) is 10.1 Å². The molecule has 0 radical (unpaired) electrons. The van der Waals surface area contributed by atoms with Gasteiger partial charge in [-0.2, -0.15) is 0 Å². The number of nitrogens with one attached hydrogen (secondary N) is 2. The topological polar surface area (TPSA) is 58.2 Å². The van der Waals surface area contributed by atoms with E-state index in [0.29, 0.717) is 27.7 Å². The summed E-state index contributed by atoms with van der Waals surface area (Å²) in [4.78, 5) is 24.9. The van der Waals surface area contributed by atoms with Gasteiger partial charge in [0.25, 0.3) is 0 Å². The highest BCUT2D eigenvalue weighted by atomic mass is 35.5. The fourth-order valence-corrected chi connectivity index (χ4v) is 2.54. The Kier molecular flexibility index (Phi) is 6.62. The molecule has 0 aliphatic heterocycles. The Morgan fingerprint density at radius 3 is 2.46 bits per heavy atom. The predicted molar refractivity (Wildman–Crippen MR) is 102 cm³/mol. The van der Waals surface area contributed by atoms with Gasteiger partial charge in [-0.25, -0.2) is 4.39 Å². The Labute approximate surface area is 161 Å². The van der Waals surface area contributed by atoms with Crippen LogP contribution in [0.25, 0.3) is 0 Å². The lowest BCUT2D eigenvalue weighted by atomic mass is 9.91. The molecule has 2 rings (SSSR count). The van der Waals surface area contributed by atoms with Gasteiger partial charge >= 0.3 is 0 Å². The first-order valence-corrected chi connectivity index (χ1v) is 8.75. The van der Waals surface area contributed by atoms with Crippen LogP contribution in [0.15, 0.2) is 42.5 Å². The van der Waals surface area contributed by atoms with E-state index < -0.39 is 17.2 Å². The van der Waals surface area contributed by atoms with Crippen molar-refractivity contribution in [3.8, 4) is 0 Å². The maximum Gasteiger partial charge on any atom is 0.239 e. The van der Waals surface area contributed by atoms with Gasteiger partial charge in [0.2, 0.25) is 11.8 Å². The first-order chi connectivity index (χ1) is 12.2. The lowest BCUT2D eigenvalue weighted by molar-refractivity contribution is -0.138. The van der Waals surface area contributed by atoms with E-state index in [4.69, 9.17) is 23.2 Å². The summed E-state index contributed by atoms with van der Waals surface area (Å²) in [7, 11) is 0. The van der Waals surface area contributed by atoms with E-state index in [1.165, 1.54) is 26.0 Å². The summed E-state index contributed by atoms with van der Waals surface area (Å²) in [5, 5.41) is 6.01. The molecule has 2 N–H and O–H groups in total. The summed E-state index contributed by atoms with van der Waals surface area (Å²) in [6, 6.07) is 11.0. The Balaban J connectivity index is 1.97. The van der Waals surface area contributed by atoms with Gasteiger partial charge in [0.15, 0.2) is 0 Å². The highest BCUT2D eigenvalue weighted by Crippen LogP contribution is 2.27. The van der Waals surface area contributed by atoms with E-state index in [-0.39, 0.29) is 12.4 Å². The molecule has 0 spiro atoms. The molecule has 2 aromatic rings. The third-order valence-corrected chi connectivity index (χ3v) is 4.51. The summed E-state index contributed by atoms with van der Waals surface area (Å²) >= 11 is 11.9. The maximum atomic E-state index is 13.6. The predicted octanol–water partition coefficient (Wildman–Crippen LogP) is 4.46. The minimum absolute atomic E-state index is 0.217. The molecule has 0 bridgehead atoms. The molecule has 138 valence electrons. The van der Waals surface area contributed by atoms with Gasteiger partial charge in [0, 0.05) is 11.6 Å². The molecule has 0 unspecified atom stereocenters. The van der Waals surface area contributed by atoms with Crippen LogP contribution in [0.5, 0.6) is 0 Å². The number of hydrogen-bond acceptors (Lipinski definition) is 2. The van der Waals surface area contributed by atoms with Crippen LogP contribution in [0.2, 0.25) is 10.0 Å². The average molecular weight is 397 g/mol. The highest BCUT2D eigenvalue weighted by Gasteiger charge is 2.36. The molecule has 0 aliphatic rings. The molecule has 0 atom stereocenters. The average Bonchev–Trinajstić information content (AvgIpc) is 2.59. The number of hydrogen-bond donors (Lipinski definition) is 2. The van der Waals surface area contributed by atoms with Gasteiger partial charge in [0.05, 0.1) is 10.7 Å². The van der Waals surface area contributed by atoms with Crippen LogP contribution in [0, 0.1) is 11.2 Å². The zero-order chi connectivity index (χ0) is 19.3. The Morgan fingerprint density at radius 1 is 1.08 bits per heavy atom. The largest absolute Gasteiger partial charge is 0.355 e. The SMILES string of the molecule is CC(C)(C(=O)NCCc1ccccc1F)C(=O)Nc1cc(Cl)ccc1Cl. The van der Waals surface area contributed by atoms with Crippen LogP contribution in [0.1, 0.15) is 19.4 Å². The third kappa shape index (κ3) is 4.96. The minimum atomic E-state index is -1.35. The van der Waals surface area contributed by atoms with E-state index >= 15 is 0 Å². The number of rotatable bonds is 6. The van der Waals surface area contributed by atoms with Crippen molar-refractivity contribution in [2.45, 2.75) is 20.3 Å². The second-order valence-electron chi connectivity index (χ2n) is 6.30. The Hall–Kier alpha value is -2.11. The molecule has 0 heterocycles. The first kappa shape index (κ1) is 20.2. The molecule has 0 aliphatic carbocycles. The molecular weight excluding hydrogens is 378 g/mol. The third-order valence-electron chi connectivity index (χ3n) is 3.95. The van der Waals surface area contributed by atoms with Crippen molar-refractivity contribution in [1.29, 1.82) is 0 Å². The monoisotopic (exact) mass is 396 g/mol. The fourth-order valence-electron chi connectivity index (χ4n) is 2.21. The van der Waals surface area contributed by atoms with Crippen LogP contribution < -0.4 is 10.6 Å². The zero-order valence-electron chi connectivity index (χ0n) is 14.4. The smallest absolute Gasteiger partial charge is 0.239 e. The van der Waals surface area contributed by atoms with Crippen molar-refractivity contribution in [2.75, 3.05) is 11.9 Å². The number of halogens is 3. The van der Waals surface area contributed by atoms with E-state index in [1.54, 1.807) is 30.3 Å². The van der Waals surface area contributed by atoms with Crippen LogP contribution in [-0.2, 0) is 16.0 Å². The summed E-state index contributed by atoms with van der Waals surface area (Å²) in [5.74, 6) is -1.32. The van der Waals surface area contributed by atoms with Crippen molar-refractivity contribution in [2.24, 2.45) is 5.41 Å². The standard InChI is InChI=1S/C19H19Cl2FN2O2/c1-19(2,18(26)24-16-11-13(20)7-8-14(16)21)17(25)23-10-9-12-5-3-4-6-15(12)22/h3-8,11H,9-10H2,1-2H3,(H,23,25)(H,24,26). The number of carbonyl (C=O) groups is 2. The first-order valence-electron chi connectivity index (χ1n) is 8.00. The molecular formula is C19H19Cl2FN2O2. The molecule has 7 heteroatoms. The molecule has 0 fully saturated rings. The second-order valence-corrected chi connectivity index (χ2v) is 7.14. The summed E-state index contributed by atoms with van der Waals surface area (Å²) < 4.78 is 13.6. The number of benzene rings is 2. The van der Waals surface area contributed by atoms with E-state index in [9.17, 15) is 14.0 Å². The van der Waals surface area contributed by atoms with Crippen LogP contribution in [0.3, 0.4) is 0 Å². The fraction of sp³-hybridized carbons (Fsp3) is 0.263. The lowest BCUT2D eigenvalue weighted by Crippen LogP contribution is -2.45. The second kappa shape index (κ2) is 8.52. The molecule has 4 nitrogen and oxygen atoms in total. The van der Waals surface area contributed by atoms with E-state index in [2.05, 4.69) is 10.6 Å². The van der Waals surface area contributed by atoms with Gasteiger partial charge in [-0.1, -0.05) is 41.4 Å². The quantitative estimate of drug-likeness (QED) is 0.708. The molecule has 2 amide bonds. The normalized spacial score (nSPS) is 11.1. The van der Waals surface area contributed by atoms with Crippen molar-refractivity contribution < 1.29 is 14.0 Å². The number of amides is 2. The molecule has 0 saturated heterocycles. The number of carbonyl (C=O) groups excluding carboxylic acids is 2. The van der Waals surface area contributed by atoms with E-state index in [1.807, 2.05) is 0 Å². The summed E-state index contributed by atoms with van der Waals surface area (Å²) in [5.41, 5.74) is -0.516. The van der Waals surface area contributed by atoms with Gasteiger partial charge in [-0.05, 0) is 50.1 Å². The highest BCUT2D eigenvalue weighted by molar-refractivity contribution is 6.35. The van der Waals surface area contributed by atoms with Gasteiger partial charge in [-0.15, -0.1) is 0 Å². The Morgan fingerprint density at radius 2 is 1.77 bits per heavy atom. The Bertz CT molecular complexity index is 825. The van der Waals surface area contributed by atoms with Gasteiger partial charge in [-0.3, -0.25) is 9.59 Å². The lowest BCUT2D eigenvalue weighted by Gasteiger charge is -2.23. The maximum absolute atomic E-state index is 13.6. The van der Waals surface area contributed by atoms with Crippen molar-refractivity contribution in [3.63, 3.8) is 0 Å². The van der Waals surface area contributed by atoms with Gasteiger partial charge in [0.1, 0.15) is 11.2 Å². The van der Waals surface area contributed by atoms with Crippen molar-refractivity contribution in [3.05, 3.63) is 63.9 Å². The summed E-state index contributed by atoms with van der Waals surface area (Å²) in [6.07, 6.45) is 0.330. The van der Waals surface area contributed by atoms with Crippen LogP contribution in [-0.4, -0.2) is 18.4 Å². The molecule has 0 aromatic heterocycles. The molecule has 0 saturated carbocycles. The number of anilines is 1. The molecule has 26 heavy (non-hydrogen) atoms. The minimum Gasteiger partial charge on any atom is -0.355 e. The zero-order valence-corrected chi connectivity index (χ0v) is 15.9. The van der Waals surface area contributed by atoms with Crippen molar-refractivity contribution in [1.82, 2.24) is 5.32 Å².